The van der Waals surface area contributed by atoms with Crippen molar-refractivity contribution in [3.8, 4) is 0 Å². The van der Waals surface area contributed by atoms with Gasteiger partial charge in [-0.15, -0.1) is 0 Å². The number of aliphatic hydroxyl groups excluding tert-OH is 12. The summed E-state index contributed by atoms with van der Waals surface area (Å²) in [6, 6.07) is 0. The van der Waals surface area contributed by atoms with Crippen LogP contribution in [0.1, 0.15) is 0 Å². The van der Waals surface area contributed by atoms with Crippen LogP contribution < -0.4 is 0 Å². The van der Waals surface area contributed by atoms with Crippen molar-refractivity contribution in [2.24, 2.45) is 0 Å². The van der Waals surface area contributed by atoms with Crippen LogP contribution >= 0.6 is 0 Å². The summed E-state index contributed by atoms with van der Waals surface area (Å²) < 4.78 is 20.3. The van der Waals surface area contributed by atoms with Crippen LogP contribution in [0.2, 0.25) is 0 Å². The summed E-state index contributed by atoms with van der Waals surface area (Å²) in [6.45, 7) is -2.98. The van der Waals surface area contributed by atoms with Gasteiger partial charge in [-0.25, -0.2) is 0 Å². The molecule has 0 aromatic carbocycles. The van der Waals surface area contributed by atoms with Crippen LogP contribution in [-0.2, 0) is 18.9 Å². The van der Waals surface area contributed by atoms with E-state index in [2.05, 4.69) is 0 Å². The van der Waals surface area contributed by atoms with Crippen LogP contribution in [-0.4, -0.2) is 174 Å². The van der Waals surface area contributed by atoms with Crippen molar-refractivity contribution in [3.05, 3.63) is 0 Å². The Balaban J connectivity index is 1.84. The second kappa shape index (κ2) is 13.1. The molecule has 202 valence electrons. The van der Waals surface area contributed by atoms with E-state index in [0.29, 0.717) is 0 Å². The largest absolute Gasteiger partial charge is 0.394 e. The zero-order valence-corrected chi connectivity index (χ0v) is 17.9. The maximum Gasteiger partial charge on any atom is 0.186 e. The van der Waals surface area contributed by atoms with E-state index in [-0.39, 0.29) is 0 Å². The smallest absolute Gasteiger partial charge is 0.186 e. The Kier molecular flexibility index (Phi) is 11.4. The highest BCUT2D eigenvalue weighted by Gasteiger charge is 2.46. The Labute approximate surface area is 193 Å². The van der Waals surface area contributed by atoms with Crippen molar-refractivity contribution in [1.82, 2.24) is 0 Å². The van der Waals surface area contributed by atoms with Gasteiger partial charge in [-0.2, -0.15) is 0 Å². The third-order valence-electron chi connectivity index (χ3n) is 5.70. The molecule has 2 fully saturated rings. The summed E-state index contributed by atoms with van der Waals surface area (Å²) in [5, 5.41) is 117. The average Bonchev–Trinajstić information content (AvgIpc) is 2.83. The first kappa shape index (κ1) is 29.6. The fourth-order valence-electron chi connectivity index (χ4n) is 3.45. The highest BCUT2D eigenvalue weighted by Crippen LogP contribution is 2.24. The molecule has 0 aromatic rings. The predicted octanol–water partition coefficient (Wildman–Crippen LogP) is -7.94. The molecule has 2 heterocycles. The topological polar surface area (TPSA) is 280 Å². The number of aliphatic hydroxyl groups is 12. The quantitative estimate of drug-likeness (QED) is 0.124. The van der Waals surface area contributed by atoms with Crippen LogP contribution in [0.4, 0.5) is 0 Å². The Bertz CT molecular complexity index is 544. The summed E-state index contributed by atoms with van der Waals surface area (Å²) in [5.41, 5.74) is 0. The van der Waals surface area contributed by atoms with Gasteiger partial charge in [0.1, 0.15) is 73.2 Å². The standard InChI is InChI=1S/C18H34O16/c19-1-7-11(25)13(27)15(29)17(33-7)31-3-5(21)9(23)10(24)6(22)4-32-18-16(30)14(28)12(26)8(2-20)34-18/h5-30H,1-4H2/t5-,6+,7-,8-,9-,10+,11-,12-,13+,14+,15-,16-,17-,18-/m0/s1. The number of hydrogen-bond donors (Lipinski definition) is 12. The molecule has 2 saturated heterocycles. The van der Waals surface area contributed by atoms with Gasteiger partial charge < -0.3 is 80.2 Å². The molecule has 0 spiro atoms. The third-order valence-corrected chi connectivity index (χ3v) is 5.70. The number of rotatable bonds is 11. The molecule has 0 unspecified atom stereocenters. The predicted molar refractivity (Wildman–Crippen MR) is 103 cm³/mol. The van der Waals surface area contributed by atoms with Gasteiger partial charge in [-0.1, -0.05) is 0 Å². The highest BCUT2D eigenvalue weighted by molar-refractivity contribution is 4.90. The monoisotopic (exact) mass is 506 g/mol. The lowest BCUT2D eigenvalue weighted by Crippen LogP contribution is -2.60. The number of hydrogen-bond acceptors (Lipinski definition) is 16. The molecule has 2 rings (SSSR count). The second-order valence-corrected chi connectivity index (χ2v) is 8.18. The van der Waals surface area contributed by atoms with E-state index in [0.717, 1.165) is 0 Å². The van der Waals surface area contributed by atoms with E-state index in [1.807, 2.05) is 0 Å². The molecule has 16 heteroatoms. The molecular weight excluding hydrogens is 472 g/mol. The zero-order chi connectivity index (χ0) is 25.7. The van der Waals surface area contributed by atoms with Crippen LogP contribution in [0.3, 0.4) is 0 Å². The molecular formula is C18H34O16. The van der Waals surface area contributed by atoms with E-state index < -0.39 is 112 Å². The van der Waals surface area contributed by atoms with Crippen LogP contribution in [0, 0.1) is 0 Å². The molecule has 2 aliphatic heterocycles. The van der Waals surface area contributed by atoms with Crippen molar-refractivity contribution in [2.75, 3.05) is 26.4 Å². The maximum atomic E-state index is 10.1. The Morgan fingerprint density at radius 3 is 1.15 bits per heavy atom. The number of ether oxygens (including phenoxy) is 4. The third kappa shape index (κ3) is 6.77. The molecule has 0 radical (unpaired) electrons. The first-order valence-electron chi connectivity index (χ1n) is 10.5. The van der Waals surface area contributed by atoms with Gasteiger partial charge in [0.2, 0.25) is 0 Å². The van der Waals surface area contributed by atoms with Crippen molar-refractivity contribution in [3.63, 3.8) is 0 Å². The van der Waals surface area contributed by atoms with Gasteiger partial charge in [0.15, 0.2) is 12.6 Å². The minimum atomic E-state index is -2.03. The fourth-order valence-corrected chi connectivity index (χ4v) is 3.45. The minimum absolute atomic E-state index is 0.713. The van der Waals surface area contributed by atoms with E-state index in [1.165, 1.54) is 0 Å². The van der Waals surface area contributed by atoms with Crippen LogP contribution in [0.15, 0.2) is 0 Å². The molecule has 0 saturated carbocycles. The average molecular weight is 506 g/mol. The van der Waals surface area contributed by atoms with E-state index >= 15 is 0 Å². The van der Waals surface area contributed by atoms with Crippen LogP contribution in [0.5, 0.6) is 0 Å². The Hall–Kier alpha value is -0.640. The molecule has 16 nitrogen and oxygen atoms in total. The molecule has 2 aliphatic rings. The van der Waals surface area contributed by atoms with Gasteiger partial charge in [-0.3, -0.25) is 0 Å². The molecule has 0 amide bonds. The summed E-state index contributed by atoms with van der Waals surface area (Å²) in [6.07, 6.45) is -23.8. The summed E-state index contributed by atoms with van der Waals surface area (Å²) in [4.78, 5) is 0. The summed E-state index contributed by atoms with van der Waals surface area (Å²) in [7, 11) is 0. The Morgan fingerprint density at radius 1 is 0.529 bits per heavy atom. The van der Waals surface area contributed by atoms with Gasteiger partial charge >= 0.3 is 0 Å². The lowest BCUT2D eigenvalue weighted by atomic mass is 9.99. The fraction of sp³-hybridized carbons (Fsp3) is 1.00. The first-order valence-corrected chi connectivity index (χ1v) is 10.5. The van der Waals surface area contributed by atoms with Crippen molar-refractivity contribution >= 4 is 0 Å². The highest BCUT2D eigenvalue weighted by atomic mass is 16.7. The molecule has 14 atom stereocenters. The van der Waals surface area contributed by atoms with Gasteiger partial charge in [-0.05, 0) is 0 Å². The van der Waals surface area contributed by atoms with E-state index in [4.69, 9.17) is 29.2 Å². The molecule has 12 N–H and O–H groups in total. The van der Waals surface area contributed by atoms with Crippen molar-refractivity contribution in [2.45, 2.75) is 85.8 Å². The zero-order valence-electron chi connectivity index (χ0n) is 17.9. The lowest BCUT2D eigenvalue weighted by molar-refractivity contribution is -0.309. The van der Waals surface area contributed by atoms with Gasteiger partial charge in [0.05, 0.1) is 26.4 Å². The van der Waals surface area contributed by atoms with E-state index in [9.17, 15) is 51.1 Å². The van der Waals surface area contributed by atoms with Gasteiger partial charge in [0.25, 0.3) is 0 Å². The van der Waals surface area contributed by atoms with Crippen molar-refractivity contribution in [1.29, 1.82) is 0 Å². The van der Waals surface area contributed by atoms with Crippen LogP contribution in [0.25, 0.3) is 0 Å². The van der Waals surface area contributed by atoms with Crippen molar-refractivity contribution < 1.29 is 80.2 Å². The Morgan fingerprint density at radius 2 is 0.853 bits per heavy atom. The molecule has 34 heavy (non-hydrogen) atoms. The normalized spacial score (nSPS) is 42.7. The van der Waals surface area contributed by atoms with Gasteiger partial charge in [0, 0.05) is 0 Å². The minimum Gasteiger partial charge on any atom is -0.394 e. The molecule has 0 aromatic heterocycles. The molecule has 0 bridgehead atoms. The lowest BCUT2D eigenvalue weighted by Gasteiger charge is -2.40. The first-order chi connectivity index (χ1) is 15.9. The molecule has 0 aliphatic carbocycles. The SMILES string of the molecule is OC[C@@H]1O[C@H](OC[C@@H](O)[C@@H](O)[C@@H](O)[C@@H](O)CO[C@H]2O[C@@H](CO)[C@H](O)[C@@H](O)[C@@H]2O)[C@@H](O)[C@H](O)[C@H]1O. The summed E-state index contributed by atoms with van der Waals surface area (Å²) >= 11 is 0. The maximum absolute atomic E-state index is 10.1. The second-order valence-electron chi connectivity index (χ2n) is 8.18. The summed E-state index contributed by atoms with van der Waals surface area (Å²) in [5.74, 6) is 0. The van der Waals surface area contributed by atoms with E-state index in [1.54, 1.807) is 0 Å².